The molecule has 15 heteroatoms. The lowest BCUT2D eigenvalue weighted by molar-refractivity contribution is -0.141. The van der Waals surface area contributed by atoms with E-state index in [4.69, 9.17) is 23.2 Å². The van der Waals surface area contributed by atoms with E-state index in [1.165, 1.54) is 35.8 Å². The van der Waals surface area contributed by atoms with Gasteiger partial charge < -0.3 is 15.4 Å². The van der Waals surface area contributed by atoms with Crippen LogP contribution in [0.5, 0.6) is 0 Å². The third-order valence-corrected chi connectivity index (χ3v) is 5.97. The number of nitrogens with zero attached hydrogens (tertiary/aromatic N) is 4. The van der Waals surface area contributed by atoms with Gasteiger partial charge in [-0.3, -0.25) is 13.9 Å². The Hall–Kier alpha value is -3.16. The lowest BCUT2D eigenvalue weighted by Gasteiger charge is -2.26. The standard InChI is InChI=1S/C18H12Cl2F3N7O2S/c1-24-16(31)9-5-8-7-26-33-30(8)14(20)13(9)27-17(32)11-6-12(18(21,22)23)28-29(11)15-10(19)3-2-4-25-15/h2-7,26H,1H3,(H,24,31)(H,27,32). The molecule has 4 heterocycles. The first-order chi connectivity index (χ1) is 15.6. The first-order valence-corrected chi connectivity index (χ1v) is 10.5. The first-order valence-electron chi connectivity index (χ1n) is 8.98. The Morgan fingerprint density at radius 3 is 2.67 bits per heavy atom. The highest BCUT2D eigenvalue weighted by Crippen LogP contribution is 2.38. The molecule has 2 aliphatic rings. The highest BCUT2D eigenvalue weighted by Gasteiger charge is 2.38. The van der Waals surface area contributed by atoms with Gasteiger partial charge in [0.15, 0.2) is 11.5 Å². The molecule has 0 atom stereocenters. The normalized spacial score (nSPS) is 15.5. The first kappa shape index (κ1) is 23.0. The van der Waals surface area contributed by atoms with Crippen molar-refractivity contribution in [2.24, 2.45) is 0 Å². The number of alkyl halides is 3. The van der Waals surface area contributed by atoms with Gasteiger partial charge in [-0.15, -0.1) is 0 Å². The third-order valence-electron chi connectivity index (χ3n) is 4.41. The maximum Gasteiger partial charge on any atom is 0.435 e. The van der Waals surface area contributed by atoms with Gasteiger partial charge in [-0.2, -0.15) is 18.3 Å². The van der Waals surface area contributed by atoms with E-state index in [0.717, 1.165) is 12.1 Å². The number of pyridine rings is 1. The summed E-state index contributed by atoms with van der Waals surface area (Å²) in [5, 5.41) is 8.27. The second-order valence-corrected chi connectivity index (χ2v) is 8.01. The number of fused-ring (bicyclic) bond motifs is 1. The molecular formula is C18H12Cl2F3N7O2S. The number of carbonyl (C=O) groups excluding carboxylic acids is 2. The van der Waals surface area contributed by atoms with Crippen LogP contribution in [0.25, 0.3) is 5.82 Å². The number of nitrogens with one attached hydrogen (secondary N) is 3. The topological polar surface area (TPSA) is 104 Å². The number of rotatable bonds is 4. The average molecular weight is 518 g/mol. The highest BCUT2D eigenvalue weighted by molar-refractivity contribution is 7.95. The number of allylic oxidation sites excluding steroid dienone is 1. The van der Waals surface area contributed by atoms with E-state index in [1.54, 1.807) is 6.20 Å². The lowest BCUT2D eigenvalue weighted by Crippen LogP contribution is -2.35. The van der Waals surface area contributed by atoms with E-state index in [-0.39, 0.29) is 27.3 Å². The Morgan fingerprint density at radius 1 is 1.24 bits per heavy atom. The monoisotopic (exact) mass is 517 g/mol. The van der Waals surface area contributed by atoms with Gasteiger partial charge in [0.05, 0.1) is 34.1 Å². The molecular weight excluding hydrogens is 506 g/mol. The third kappa shape index (κ3) is 4.26. The van der Waals surface area contributed by atoms with Gasteiger partial charge in [-0.05, 0) is 18.2 Å². The molecule has 3 N–H and O–H groups in total. The molecule has 0 aromatic carbocycles. The van der Waals surface area contributed by atoms with Crippen molar-refractivity contribution in [3.8, 4) is 5.82 Å². The smallest absolute Gasteiger partial charge is 0.355 e. The van der Waals surface area contributed by atoms with Crippen molar-refractivity contribution >= 4 is 47.2 Å². The molecule has 2 aromatic heterocycles. The van der Waals surface area contributed by atoms with Gasteiger partial charge >= 0.3 is 6.18 Å². The molecule has 0 saturated heterocycles. The number of likely N-dealkylation sites (N-methyl/N-ethyl adjacent to an activating group) is 1. The largest absolute Gasteiger partial charge is 0.435 e. The maximum atomic E-state index is 13.4. The molecule has 2 aliphatic heterocycles. The van der Waals surface area contributed by atoms with E-state index in [0.29, 0.717) is 16.4 Å². The lowest BCUT2D eigenvalue weighted by atomic mass is 10.1. The van der Waals surface area contributed by atoms with Crippen LogP contribution >= 0.6 is 35.3 Å². The molecule has 0 radical (unpaired) electrons. The van der Waals surface area contributed by atoms with Gasteiger partial charge in [-0.1, -0.05) is 23.2 Å². The fourth-order valence-corrected chi connectivity index (χ4v) is 4.14. The highest BCUT2D eigenvalue weighted by atomic mass is 35.5. The molecule has 0 unspecified atom stereocenters. The number of amides is 2. The molecule has 0 spiro atoms. The van der Waals surface area contributed by atoms with Crippen LogP contribution < -0.4 is 15.4 Å². The van der Waals surface area contributed by atoms with Gasteiger partial charge in [-0.25, -0.2) is 9.67 Å². The second-order valence-electron chi connectivity index (χ2n) is 6.46. The summed E-state index contributed by atoms with van der Waals surface area (Å²) in [5.41, 5.74) is -1.43. The molecule has 2 aromatic rings. The van der Waals surface area contributed by atoms with Crippen molar-refractivity contribution in [1.29, 1.82) is 0 Å². The number of halogens is 5. The summed E-state index contributed by atoms with van der Waals surface area (Å²) < 4.78 is 45.1. The molecule has 0 saturated carbocycles. The fraction of sp³-hybridized carbons (Fsp3) is 0.111. The maximum absolute atomic E-state index is 13.4. The Labute approximate surface area is 198 Å². The zero-order valence-corrected chi connectivity index (χ0v) is 18.7. The molecule has 33 heavy (non-hydrogen) atoms. The van der Waals surface area contributed by atoms with Gasteiger partial charge in [0, 0.05) is 25.5 Å². The molecule has 0 fully saturated rings. The summed E-state index contributed by atoms with van der Waals surface area (Å²) in [4.78, 5) is 29.5. The van der Waals surface area contributed by atoms with E-state index < -0.39 is 29.4 Å². The average Bonchev–Trinajstić information content (AvgIpc) is 3.42. The zero-order chi connectivity index (χ0) is 23.9. The number of hydrogen-bond acceptors (Lipinski definition) is 7. The molecule has 172 valence electrons. The number of carbonyl (C=O) groups is 2. The summed E-state index contributed by atoms with van der Waals surface area (Å²) in [6.45, 7) is 0. The molecule has 4 rings (SSSR count). The minimum atomic E-state index is -4.84. The Bertz CT molecular complexity index is 1260. The minimum Gasteiger partial charge on any atom is -0.355 e. The van der Waals surface area contributed by atoms with E-state index in [2.05, 4.69) is 25.4 Å². The SMILES string of the molecule is CNC(=O)C1=CC2=CNSN2C(Cl)=C1NC(=O)c1cc(C(F)(F)F)nn1-c1ncccc1Cl. The van der Waals surface area contributed by atoms with Crippen LogP contribution in [-0.2, 0) is 11.0 Å². The predicted octanol–water partition coefficient (Wildman–Crippen LogP) is 3.07. The van der Waals surface area contributed by atoms with Crippen molar-refractivity contribution in [1.82, 2.24) is 34.4 Å². The minimum absolute atomic E-state index is 0.000582. The fourth-order valence-electron chi connectivity index (χ4n) is 2.92. The van der Waals surface area contributed by atoms with Crippen LogP contribution in [0.2, 0.25) is 5.02 Å². The van der Waals surface area contributed by atoms with Crippen molar-refractivity contribution in [2.45, 2.75) is 6.18 Å². The molecule has 2 amide bonds. The summed E-state index contributed by atoms with van der Waals surface area (Å²) in [6, 6.07) is 3.41. The summed E-state index contributed by atoms with van der Waals surface area (Å²) in [5.74, 6) is -1.78. The summed E-state index contributed by atoms with van der Waals surface area (Å²) >= 11 is 13.5. The predicted molar refractivity (Wildman–Crippen MR) is 115 cm³/mol. The molecule has 0 bridgehead atoms. The van der Waals surface area contributed by atoms with Crippen LogP contribution in [0.1, 0.15) is 16.2 Å². The van der Waals surface area contributed by atoms with Gasteiger partial charge in [0.1, 0.15) is 10.9 Å². The van der Waals surface area contributed by atoms with Crippen molar-refractivity contribution in [3.63, 3.8) is 0 Å². The van der Waals surface area contributed by atoms with Crippen LogP contribution in [0.15, 0.2) is 58.8 Å². The zero-order valence-electron chi connectivity index (χ0n) is 16.4. The number of aromatic nitrogens is 3. The van der Waals surface area contributed by atoms with E-state index >= 15 is 0 Å². The van der Waals surface area contributed by atoms with E-state index in [9.17, 15) is 22.8 Å². The van der Waals surface area contributed by atoms with Crippen molar-refractivity contribution < 1.29 is 22.8 Å². The summed E-state index contributed by atoms with van der Waals surface area (Å²) in [7, 11) is 1.38. The van der Waals surface area contributed by atoms with Gasteiger partial charge in [0.2, 0.25) is 0 Å². The van der Waals surface area contributed by atoms with Gasteiger partial charge in [0.25, 0.3) is 11.8 Å². The number of hydrogen-bond donors (Lipinski definition) is 3. The van der Waals surface area contributed by atoms with Crippen LogP contribution in [0.3, 0.4) is 0 Å². The molecule has 9 nitrogen and oxygen atoms in total. The molecule has 0 aliphatic carbocycles. The van der Waals surface area contributed by atoms with Crippen LogP contribution in [0, 0.1) is 0 Å². The Balaban J connectivity index is 1.78. The quantitative estimate of drug-likeness (QED) is 0.422. The van der Waals surface area contributed by atoms with Crippen molar-refractivity contribution in [2.75, 3.05) is 7.05 Å². The Morgan fingerprint density at radius 2 is 2.00 bits per heavy atom. The van der Waals surface area contributed by atoms with Crippen molar-refractivity contribution in [3.05, 3.63) is 75.2 Å². The van der Waals surface area contributed by atoms with Crippen LogP contribution in [0.4, 0.5) is 13.2 Å². The Kier molecular flexibility index (Phi) is 6.03. The summed E-state index contributed by atoms with van der Waals surface area (Å²) in [6.07, 6.45) is -0.506. The van der Waals surface area contributed by atoms with E-state index in [1.807, 2.05) is 0 Å². The second kappa shape index (κ2) is 8.65. The van der Waals surface area contributed by atoms with Crippen LogP contribution in [-0.4, -0.2) is 37.9 Å².